The first-order valence-electron chi connectivity index (χ1n) is 40.5. The minimum Gasteiger partial charge on any atom is -0.481 e. The van der Waals surface area contributed by atoms with E-state index >= 15 is 0 Å². The van der Waals surface area contributed by atoms with Crippen LogP contribution in [0.4, 0.5) is 0 Å². The van der Waals surface area contributed by atoms with Crippen LogP contribution in [0.15, 0.2) is 77.9 Å². The largest absolute Gasteiger partial charge is 0.481 e. The summed E-state index contributed by atoms with van der Waals surface area (Å²) in [6, 6.07) is 8.34. The van der Waals surface area contributed by atoms with Crippen molar-refractivity contribution >= 4 is 17.5 Å². The average molecular weight is 1330 g/mol. The van der Waals surface area contributed by atoms with Gasteiger partial charge in [0.1, 0.15) is 0 Å². The highest BCUT2D eigenvalue weighted by molar-refractivity contribution is 5.88. The van der Waals surface area contributed by atoms with Gasteiger partial charge in [0.15, 0.2) is 0 Å². The lowest BCUT2D eigenvalue weighted by atomic mass is 9.33. The van der Waals surface area contributed by atoms with Crippen LogP contribution in [0.1, 0.15) is 260 Å². The van der Waals surface area contributed by atoms with Gasteiger partial charge in [-0.1, -0.05) is 124 Å². The quantitative estimate of drug-likeness (QED) is 0.135. The number of nitrogens with one attached hydrogen (secondary N) is 2. The Bertz CT molecular complexity index is 3330. The lowest BCUT2D eigenvalue weighted by Gasteiger charge is -2.72. The Kier molecular flexibility index (Phi) is 17.6. The van der Waals surface area contributed by atoms with E-state index in [1.807, 2.05) is 0 Å². The molecule has 1 aromatic rings. The number of nitrogens with zero attached hydrogens (tertiary/aromatic N) is 2. The molecule has 4 N–H and O–H groups in total. The fraction of sp³-hybridized carbons (Fsp3) is 0.795. The maximum atomic E-state index is 11.7. The van der Waals surface area contributed by atoms with Crippen molar-refractivity contribution in [2.24, 2.45) is 120 Å². The van der Waals surface area contributed by atoms with Gasteiger partial charge >= 0.3 is 11.9 Å². The third kappa shape index (κ3) is 10.7. The average Bonchev–Trinajstić information content (AvgIpc) is 1.48. The highest BCUT2D eigenvalue weighted by atomic mass is 16.5. The van der Waals surface area contributed by atoms with Crippen molar-refractivity contribution < 1.29 is 24.5 Å². The van der Waals surface area contributed by atoms with Crippen LogP contribution in [-0.2, 0) is 9.53 Å². The molecule has 9 heteroatoms. The summed E-state index contributed by atoms with van der Waals surface area (Å²) in [4.78, 5) is 28.8. The van der Waals surface area contributed by atoms with Crippen LogP contribution in [0.2, 0.25) is 0 Å². The number of ether oxygens (including phenoxy) is 1. The molecule has 12 fully saturated rings. The number of aliphatic carboxylic acids is 1. The fourth-order valence-corrected chi connectivity index (χ4v) is 30.4. The summed E-state index contributed by atoms with van der Waals surface area (Å²) in [6.45, 7) is 49.9. The first kappa shape index (κ1) is 69.4. The maximum absolute atomic E-state index is 11.7. The van der Waals surface area contributed by atoms with Crippen LogP contribution in [0.5, 0.6) is 0 Å². The van der Waals surface area contributed by atoms with Crippen molar-refractivity contribution in [1.29, 1.82) is 0 Å². The molecule has 4 bridgehead atoms. The predicted octanol–water partition coefficient (Wildman–Crippen LogP) is 18.9. The van der Waals surface area contributed by atoms with Gasteiger partial charge in [0.2, 0.25) is 0 Å². The molecule has 16 rings (SSSR count). The van der Waals surface area contributed by atoms with Crippen molar-refractivity contribution in [3.8, 4) is 0 Å². The third-order valence-corrected chi connectivity index (χ3v) is 35.3. The van der Waals surface area contributed by atoms with Crippen molar-refractivity contribution in [3.63, 3.8) is 0 Å². The molecule has 0 amide bonds. The number of fused-ring (bicyclic) bond motifs is 18. The number of carboxylic acid groups (broad SMARTS) is 2. The molecule has 12 aliphatic carbocycles. The van der Waals surface area contributed by atoms with Gasteiger partial charge in [0, 0.05) is 62.9 Å². The lowest BCUT2D eigenvalue weighted by Crippen LogP contribution is -2.68. The zero-order chi connectivity index (χ0) is 68.4. The van der Waals surface area contributed by atoms with E-state index in [0.29, 0.717) is 86.7 Å². The molecule has 23 atom stereocenters. The number of allylic oxidation sites excluding steroid dienone is 8. The molecule has 0 radical (unpaired) electrons. The molecular weight excluding hydrogens is 1190 g/mol. The fourth-order valence-electron chi connectivity index (χ4n) is 30.4. The summed E-state index contributed by atoms with van der Waals surface area (Å²) in [5.41, 5.74) is 11.6. The van der Waals surface area contributed by atoms with Crippen LogP contribution < -0.4 is 10.6 Å². The van der Waals surface area contributed by atoms with Gasteiger partial charge in [-0.3, -0.25) is 9.69 Å². The molecule has 3 saturated heterocycles. The van der Waals surface area contributed by atoms with E-state index in [1.165, 1.54) is 189 Å². The topological polar surface area (TPSA) is 114 Å². The Morgan fingerprint density at radius 1 is 0.557 bits per heavy atom. The number of hydrogen-bond acceptors (Lipinski definition) is 7. The SMILES string of the molecule is C=C(C)[C@@H]1CC[C@]2(NCCN3CC4CCC(C4)C3)CC[C@]3(C)[C@H](CC[C@@H]4[C@@]5(C)CC=C(c6ccc(C(=O)O)cc6)C(C)(C)[C@@H]5CC[C@]43C)[C@@H]12.C=C(C)[C@@H]1CC[C@]2(NCCN3C[C@@H]4C[C@H]3CO4)CC[C@]3(C)[C@H](CC[C@@H]4[C@@]5(C)CC=C(C6=CCC(C(=O)O)CC6)C(C)(C)[C@@H]5CC[C@]43C)[C@@H]12. The van der Waals surface area contributed by atoms with Crippen LogP contribution in [0.3, 0.4) is 0 Å². The zero-order valence-electron chi connectivity index (χ0n) is 63.0. The van der Waals surface area contributed by atoms with E-state index in [1.54, 1.807) is 17.7 Å². The van der Waals surface area contributed by atoms with E-state index in [-0.39, 0.29) is 33.2 Å². The molecule has 3 aliphatic heterocycles. The van der Waals surface area contributed by atoms with E-state index in [4.69, 9.17) is 4.74 Å². The van der Waals surface area contributed by atoms with Crippen LogP contribution in [-0.4, -0.2) is 108 Å². The summed E-state index contributed by atoms with van der Waals surface area (Å²) in [5, 5.41) is 27.8. The smallest absolute Gasteiger partial charge is 0.335 e. The van der Waals surface area contributed by atoms with Crippen molar-refractivity contribution in [3.05, 3.63) is 89.1 Å². The number of likely N-dealkylation sites (tertiary alicyclic amines) is 2. The summed E-state index contributed by atoms with van der Waals surface area (Å²) < 4.78 is 5.91. The first-order valence-corrected chi connectivity index (χ1v) is 40.5. The van der Waals surface area contributed by atoms with Gasteiger partial charge in [-0.05, 0) is 323 Å². The molecule has 3 heterocycles. The summed E-state index contributed by atoms with van der Waals surface area (Å²) in [6.07, 6.45) is 39.9. The monoisotopic (exact) mass is 1330 g/mol. The van der Waals surface area contributed by atoms with Gasteiger partial charge < -0.3 is 30.5 Å². The second-order valence-corrected chi connectivity index (χ2v) is 39.7. The van der Waals surface area contributed by atoms with Crippen LogP contribution in [0.25, 0.3) is 5.57 Å². The normalized spacial score (nSPS) is 47.3. The van der Waals surface area contributed by atoms with E-state index in [0.717, 1.165) is 81.0 Å². The second kappa shape index (κ2) is 24.7. The molecule has 0 aromatic heterocycles. The molecule has 1 aromatic carbocycles. The number of rotatable bonds is 14. The number of piperidine rings is 1. The minimum atomic E-state index is -0.849. The third-order valence-electron chi connectivity index (χ3n) is 35.3. The Hall–Kier alpha value is -3.34. The van der Waals surface area contributed by atoms with Gasteiger partial charge in [0.25, 0.3) is 0 Å². The van der Waals surface area contributed by atoms with Crippen LogP contribution in [0, 0.1) is 120 Å². The molecule has 9 saturated carbocycles. The molecule has 9 nitrogen and oxygen atoms in total. The van der Waals surface area contributed by atoms with Crippen molar-refractivity contribution in [1.82, 2.24) is 20.4 Å². The molecule has 3 unspecified atom stereocenters. The summed E-state index contributed by atoms with van der Waals surface area (Å²) in [7, 11) is 0. The Morgan fingerprint density at radius 3 is 1.56 bits per heavy atom. The molecule has 97 heavy (non-hydrogen) atoms. The number of benzene rings is 1. The molecular formula is C88H132N4O5. The van der Waals surface area contributed by atoms with E-state index < -0.39 is 11.9 Å². The van der Waals surface area contributed by atoms with E-state index in [9.17, 15) is 19.8 Å². The van der Waals surface area contributed by atoms with Gasteiger partial charge in [-0.15, -0.1) is 0 Å². The van der Waals surface area contributed by atoms with Crippen molar-refractivity contribution in [2.75, 3.05) is 52.4 Å². The minimum absolute atomic E-state index is 0.0485. The number of aromatic carboxylic acids is 1. The number of morpholine rings is 1. The van der Waals surface area contributed by atoms with Gasteiger partial charge in [-0.2, -0.15) is 0 Å². The second-order valence-electron chi connectivity index (χ2n) is 39.7. The number of carboxylic acids is 2. The van der Waals surface area contributed by atoms with Crippen LogP contribution >= 0.6 is 0 Å². The molecule has 534 valence electrons. The standard InChI is InChI=1S/C45H66N2O2.C43H66N2O3/c1-29(2)34-16-21-45(46-24-25-47-27-30-8-9-31(26-30)28-47)23-22-43(6)36(39(34)45)14-15-38-42(5)19-17-35(32-10-12-33(13-11-32)40(48)49)41(3,4)37(42)18-20-44(38,43)7;1-27(2)32-14-19-43(44-22-23-45-25-31-24-30(45)26-48-31)21-20-41(6)34(37(32)43)12-13-36-40(5)17-15-33(28-8-10-29(11-9-28)38(46)47)39(3,4)35(40)16-18-42(36,41)7/h10-13,17,30-31,34,36-39,46H,1,8-9,14-16,18-28H2,2-7H3,(H,48,49);8,15,29-32,34-37,44H,1,9-14,16-26H2,2-7H3,(H,46,47)/t30?,31?,34-,36+,37-,38+,39+,42-,43+,44+,45-;29?,30-,31-,32-,34+,35-,36+,37+,40-,41+,42+,43-/m00/s1. The maximum Gasteiger partial charge on any atom is 0.335 e. The lowest BCUT2D eigenvalue weighted by molar-refractivity contribution is -0.221. The first-order chi connectivity index (χ1) is 46.0. The highest BCUT2D eigenvalue weighted by Gasteiger charge is 2.73. The molecule has 0 spiro atoms. The van der Waals surface area contributed by atoms with E-state index in [2.05, 4.69) is 147 Å². The van der Waals surface area contributed by atoms with Crippen molar-refractivity contribution in [2.45, 2.75) is 267 Å². The summed E-state index contributed by atoms with van der Waals surface area (Å²) in [5.74, 6) is 7.27. The Labute approximate surface area is 587 Å². The Morgan fingerprint density at radius 2 is 1.08 bits per heavy atom. The predicted molar refractivity (Wildman–Crippen MR) is 395 cm³/mol. The highest BCUT2D eigenvalue weighted by Crippen LogP contribution is 2.79. The Balaban J connectivity index is 0.000000159. The van der Waals surface area contributed by atoms with Gasteiger partial charge in [0.05, 0.1) is 24.2 Å². The van der Waals surface area contributed by atoms with Gasteiger partial charge in [-0.25, -0.2) is 4.79 Å². The number of hydrogen-bond donors (Lipinski definition) is 4. The number of carbonyl (C=O) groups is 2. The zero-order valence-corrected chi connectivity index (χ0v) is 63.0. The molecule has 15 aliphatic rings. The summed E-state index contributed by atoms with van der Waals surface area (Å²) >= 11 is 0.